The van der Waals surface area contributed by atoms with Crippen LogP contribution >= 0.6 is 0 Å². The van der Waals surface area contributed by atoms with Gasteiger partial charge in [-0.15, -0.1) is 0 Å². The Balaban J connectivity index is 2.01. The normalized spacial score (nSPS) is 12.7. The summed E-state index contributed by atoms with van der Waals surface area (Å²) < 4.78 is 10.3. The molecule has 1 unspecified atom stereocenters. The lowest BCUT2D eigenvalue weighted by Crippen LogP contribution is -2.50. The van der Waals surface area contributed by atoms with Gasteiger partial charge in [0, 0.05) is 6.54 Å². The molecule has 0 aliphatic carbocycles. The van der Waals surface area contributed by atoms with E-state index >= 15 is 0 Å². The number of hydrogen-bond acceptors (Lipinski definition) is 4. The van der Waals surface area contributed by atoms with Crippen molar-refractivity contribution >= 4 is 11.8 Å². The molecule has 2 aromatic heterocycles. The van der Waals surface area contributed by atoms with Crippen LogP contribution in [0.1, 0.15) is 53.0 Å². The number of carbonyl (C=O) groups is 2. The molecule has 0 aliphatic heterocycles. The summed E-state index contributed by atoms with van der Waals surface area (Å²) in [5.41, 5.74) is 0.712. The summed E-state index contributed by atoms with van der Waals surface area (Å²) in [6, 6.07) is 3.12. The maximum Gasteiger partial charge on any atom is 0.254 e. The van der Waals surface area contributed by atoms with Crippen LogP contribution in [0.15, 0.2) is 33.5 Å². The van der Waals surface area contributed by atoms with Gasteiger partial charge in [-0.1, -0.05) is 20.8 Å². The average molecular weight is 332 g/mol. The van der Waals surface area contributed by atoms with Gasteiger partial charge in [0.2, 0.25) is 0 Å². The Morgan fingerprint density at radius 1 is 1.00 bits per heavy atom. The standard InChI is InChI=1S/C18H24N2O4/c1-11-6-13(9-23-11)16(21)19-8-15(18(3,4)5)20-17(22)14-7-12(2)24-10-14/h6-7,9-10,15H,8H2,1-5H3,(H,19,21)(H,20,22). The molecule has 0 fully saturated rings. The monoisotopic (exact) mass is 332 g/mol. The van der Waals surface area contributed by atoms with Crippen LogP contribution in [0.2, 0.25) is 0 Å². The molecule has 1 atom stereocenters. The zero-order chi connectivity index (χ0) is 17.9. The lowest BCUT2D eigenvalue weighted by atomic mass is 9.86. The first kappa shape index (κ1) is 17.8. The van der Waals surface area contributed by atoms with E-state index in [4.69, 9.17) is 8.83 Å². The molecule has 2 rings (SSSR count). The molecule has 0 saturated carbocycles. The van der Waals surface area contributed by atoms with Crippen LogP contribution in [0.5, 0.6) is 0 Å². The SMILES string of the molecule is Cc1cc(C(=O)NCC(NC(=O)c2coc(C)c2)C(C)(C)C)co1. The van der Waals surface area contributed by atoms with Crippen molar-refractivity contribution in [3.8, 4) is 0 Å². The second-order valence-electron chi connectivity index (χ2n) is 6.99. The summed E-state index contributed by atoms with van der Waals surface area (Å²) >= 11 is 0. The van der Waals surface area contributed by atoms with Crippen molar-refractivity contribution in [2.75, 3.05) is 6.54 Å². The van der Waals surface area contributed by atoms with Gasteiger partial charge in [-0.3, -0.25) is 9.59 Å². The van der Waals surface area contributed by atoms with Crippen LogP contribution < -0.4 is 10.6 Å². The van der Waals surface area contributed by atoms with Crippen molar-refractivity contribution in [2.24, 2.45) is 5.41 Å². The highest BCUT2D eigenvalue weighted by Crippen LogP contribution is 2.20. The zero-order valence-electron chi connectivity index (χ0n) is 14.7. The molecule has 0 saturated heterocycles. The minimum atomic E-state index is -0.239. The van der Waals surface area contributed by atoms with Crippen LogP contribution in [-0.4, -0.2) is 24.4 Å². The van der Waals surface area contributed by atoms with Crippen molar-refractivity contribution in [1.29, 1.82) is 0 Å². The Labute approximate surface area is 141 Å². The van der Waals surface area contributed by atoms with E-state index in [0.29, 0.717) is 29.2 Å². The van der Waals surface area contributed by atoms with E-state index in [1.165, 1.54) is 12.5 Å². The summed E-state index contributed by atoms with van der Waals surface area (Å²) in [6.07, 6.45) is 2.85. The largest absolute Gasteiger partial charge is 0.469 e. The molecule has 0 radical (unpaired) electrons. The number of rotatable bonds is 5. The van der Waals surface area contributed by atoms with Gasteiger partial charge in [-0.05, 0) is 31.4 Å². The minimum Gasteiger partial charge on any atom is -0.469 e. The molecule has 2 amide bonds. The lowest BCUT2D eigenvalue weighted by molar-refractivity contribution is 0.0871. The van der Waals surface area contributed by atoms with E-state index in [1.807, 2.05) is 20.8 Å². The van der Waals surface area contributed by atoms with Gasteiger partial charge < -0.3 is 19.5 Å². The predicted molar refractivity (Wildman–Crippen MR) is 89.9 cm³/mol. The zero-order valence-corrected chi connectivity index (χ0v) is 14.7. The molecule has 0 bridgehead atoms. The Morgan fingerprint density at radius 3 is 1.92 bits per heavy atom. The third kappa shape index (κ3) is 4.50. The fraction of sp³-hybridized carbons (Fsp3) is 0.444. The van der Waals surface area contributed by atoms with E-state index in [0.717, 1.165) is 0 Å². The van der Waals surface area contributed by atoms with Crippen LogP contribution in [-0.2, 0) is 0 Å². The fourth-order valence-electron chi connectivity index (χ4n) is 2.24. The highest BCUT2D eigenvalue weighted by Gasteiger charge is 2.27. The molecular weight excluding hydrogens is 308 g/mol. The molecule has 2 heterocycles. The number of furan rings is 2. The first-order valence-electron chi connectivity index (χ1n) is 7.86. The maximum atomic E-state index is 12.3. The van der Waals surface area contributed by atoms with Crippen LogP contribution in [0.25, 0.3) is 0 Å². The van der Waals surface area contributed by atoms with E-state index < -0.39 is 0 Å². The molecule has 24 heavy (non-hydrogen) atoms. The van der Waals surface area contributed by atoms with E-state index in [9.17, 15) is 9.59 Å². The summed E-state index contributed by atoms with van der Waals surface area (Å²) in [4.78, 5) is 24.5. The first-order chi connectivity index (χ1) is 11.2. The molecule has 6 heteroatoms. The Hall–Kier alpha value is -2.50. The first-order valence-corrected chi connectivity index (χ1v) is 7.86. The smallest absolute Gasteiger partial charge is 0.254 e. The van der Waals surface area contributed by atoms with Gasteiger partial charge in [-0.25, -0.2) is 0 Å². The van der Waals surface area contributed by atoms with Crippen molar-refractivity contribution in [2.45, 2.75) is 40.7 Å². The van der Waals surface area contributed by atoms with Crippen molar-refractivity contribution in [3.63, 3.8) is 0 Å². The average Bonchev–Trinajstić information content (AvgIpc) is 3.10. The Kier molecular flexibility index (Phi) is 5.17. The summed E-state index contributed by atoms with van der Waals surface area (Å²) in [5, 5.41) is 5.81. The topological polar surface area (TPSA) is 84.5 Å². The maximum absolute atomic E-state index is 12.3. The van der Waals surface area contributed by atoms with Crippen molar-refractivity contribution in [3.05, 3.63) is 47.3 Å². The number of amides is 2. The summed E-state index contributed by atoms with van der Waals surface area (Å²) in [5.74, 6) is 0.905. The molecule has 2 aromatic rings. The Morgan fingerprint density at radius 2 is 1.50 bits per heavy atom. The Bertz CT molecular complexity index is 721. The highest BCUT2D eigenvalue weighted by molar-refractivity contribution is 5.95. The van der Waals surface area contributed by atoms with Gasteiger partial charge in [0.25, 0.3) is 11.8 Å². The predicted octanol–water partition coefficient (Wildman–Crippen LogP) is 3.06. The third-order valence-electron chi connectivity index (χ3n) is 3.80. The lowest BCUT2D eigenvalue weighted by Gasteiger charge is -2.31. The molecule has 6 nitrogen and oxygen atoms in total. The van der Waals surface area contributed by atoms with Gasteiger partial charge in [0.05, 0.1) is 17.2 Å². The van der Waals surface area contributed by atoms with E-state index in [-0.39, 0.29) is 23.3 Å². The molecule has 0 aliphatic rings. The number of aryl methyl sites for hydroxylation is 2. The van der Waals surface area contributed by atoms with Crippen molar-refractivity contribution < 1.29 is 18.4 Å². The number of hydrogen-bond donors (Lipinski definition) is 2. The van der Waals surface area contributed by atoms with E-state index in [2.05, 4.69) is 10.6 Å². The quantitative estimate of drug-likeness (QED) is 0.881. The molecule has 2 N–H and O–H groups in total. The molecule has 0 spiro atoms. The minimum absolute atomic E-state index is 0.222. The highest BCUT2D eigenvalue weighted by atomic mass is 16.3. The van der Waals surface area contributed by atoms with Gasteiger partial charge >= 0.3 is 0 Å². The van der Waals surface area contributed by atoms with Crippen LogP contribution in [0, 0.1) is 19.3 Å². The summed E-state index contributed by atoms with van der Waals surface area (Å²) in [6.45, 7) is 9.90. The molecular formula is C18H24N2O4. The summed E-state index contributed by atoms with van der Waals surface area (Å²) in [7, 11) is 0. The van der Waals surface area contributed by atoms with Crippen LogP contribution in [0.4, 0.5) is 0 Å². The second kappa shape index (κ2) is 6.95. The van der Waals surface area contributed by atoms with Gasteiger partial charge in [0.1, 0.15) is 24.0 Å². The fourth-order valence-corrected chi connectivity index (χ4v) is 2.24. The number of carbonyl (C=O) groups excluding carboxylic acids is 2. The number of nitrogens with one attached hydrogen (secondary N) is 2. The van der Waals surface area contributed by atoms with Gasteiger partial charge in [-0.2, -0.15) is 0 Å². The van der Waals surface area contributed by atoms with Crippen LogP contribution in [0.3, 0.4) is 0 Å². The van der Waals surface area contributed by atoms with E-state index in [1.54, 1.807) is 26.0 Å². The van der Waals surface area contributed by atoms with Crippen molar-refractivity contribution in [1.82, 2.24) is 10.6 Å². The second-order valence-corrected chi connectivity index (χ2v) is 6.99. The van der Waals surface area contributed by atoms with Gasteiger partial charge in [0.15, 0.2) is 0 Å². The molecule has 0 aromatic carbocycles. The molecule has 130 valence electrons. The third-order valence-corrected chi connectivity index (χ3v) is 3.80.